The van der Waals surface area contributed by atoms with Crippen LogP contribution in [0.5, 0.6) is 0 Å². The van der Waals surface area contributed by atoms with Crippen LogP contribution in [0, 0.1) is 5.41 Å². The van der Waals surface area contributed by atoms with E-state index in [1.165, 1.54) is 97.5 Å². The lowest BCUT2D eigenvalue weighted by Gasteiger charge is -2.52. The summed E-state index contributed by atoms with van der Waals surface area (Å²) in [6, 6.07) is 6.33. The Balaban J connectivity index is 1.11. The number of ether oxygens (including phenoxy) is 35. The number of nitrogens with zero attached hydrogens (tertiary/aromatic N) is 3. The molecule has 7 fully saturated rings. The number of carbonyl (C=O) groups excluding carboxylic acids is 9. The molecule has 0 radical (unpaired) electrons. The van der Waals surface area contributed by atoms with E-state index in [0.29, 0.717) is 0 Å². The van der Waals surface area contributed by atoms with Crippen molar-refractivity contribution in [2.75, 3.05) is 132 Å². The van der Waals surface area contributed by atoms with Gasteiger partial charge < -0.3 is 166 Å². The van der Waals surface area contributed by atoms with Gasteiger partial charge in [0.1, 0.15) is 167 Å². The molecule has 1 N–H and O–H groups in total. The van der Waals surface area contributed by atoms with Crippen molar-refractivity contribution in [2.45, 2.75) is 274 Å². The minimum Gasteiger partial charge on any atom is -0.463 e. The average molecular weight is 1930 g/mol. The molecule has 130 heavy (non-hydrogen) atoms. The van der Waals surface area contributed by atoms with Gasteiger partial charge in [-0.2, -0.15) is 0 Å². The first-order valence-electron chi connectivity index (χ1n) is 40.5. The SMILES string of the molecule is COCC1O[C@@H](O[C@@H]2C(COC(C)=O)OC(OC(=N)C(Cl)(Cl)Cl)[C@@H](N=[N+]=[N-])C2OC)C(OC)C(OC)[C@@H]1O[C@H]1OC(COC)[C@@H](O[C@@H]2OC(COC)[C@@H](O[C@@H]3OC(COC(=O)c4ccccc4)[C@@H](O[C@@H]4OC(COC(C)=O)[C@@H](O[C@H]5OC(COC(C)=O)[C@H](OC(C)=O)C(OC(C)=O)C5OC(C)=O)C(OC(C)=O)C4OC(C)=O)C(OC)[C@@H]3OC)C(OC)[C@@H]2OC)C(OC)C1OC. The molecular weight excluding hydrogens is 1820 g/mol. The fourth-order valence-corrected chi connectivity index (χ4v) is 16.1. The van der Waals surface area contributed by atoms with Crippen LogP contribution in [0.15, 0.2) is 35.4 Å². The molecule has 0 aliphatic carbocycles. The van der Waals surface area contributed by atoms with E-state index in [-0.39, 0.29) is 25.4 Å². The zero-order valence-electron chi connectivity index (χ0n) is 75.0. The fraction of sp³-hybridized carbons (Fsp3) is 0.797. The van der Waals surface area contributed by atoms with Crippen molar-refractivity contribution in [1.29, 1.82) is 5.41 Å². The molecule has 7 heterocycles. The second-order valence-electron chi connectivity index (χ2n) is 30.0. The van der Waals surface area contributed by atoms with Crippen LogP contribution >= 0.6 is 34.8 Å². The molecule has 0 aromatic heterocycles. The van der Waals surface area contributed by atoms with Crippen LogP contribution in [0.2, 0.25) is 0 Å². The first kappa shape index (κ1) is 108. The molecular formula is C79H115Cl3N4O44. The maximum absolute atomic E-state index is 14.1. The maximum Gasteiger partial charge on any atom is 0.338 e. The molecule has 35 atom stereocenters. The van der Waals surface area contributed by atoms with Gasteiger partial charge in [0.05, 0.1) is 25.4 Å². The number of benzene rings is 1. The van der Waals surface area contributed by atoms with Crippen molar-refractivity contribution in [3.63, 3.8) is 0 Å². The number of rotatable bonds is 43. The molecule has 51 heteroatoms. The molecule has 0 bridgehead atoms. The quantitative estimate of drug-likeness (QED) is 0.0142. The van der Waals surface area contributed by atoms with E-state index in [4.69, 9.17) is 206 Å². The fourth-order valence-electron chi connectivity index (χ4n) is 16.0. The van der Waals surface area contributed by atoms with Gasteiger partial charge in [0.15, 0.2) is 68.3 Å². The van der Waals surface area contributed by atoms with Crippen molar-refractivity contribution >= 4 is 94.4 Å². The van der Waals surface area contributed by atoms with Crippen molar-refractivity contribution in [2.24, 2.45) is 5.11 Å². The third-order valence-corrected chi connectivity index (χ3v) is 21.8. The summed E-state index contributed by atoms with van der Waals surface area (Å²) in [5, 5.41) is 12.1. The number of esters is 9. The highest BCUT2D eigenvalue weighted by atomic mass is 35.6. The number of hydrogen-bond acceptors (Lipinski definition) is 46. The zero-order valence-corrected chi connectivity index (χ0v) is 77.3. The number of methoxy groups -OCH3 is 12. The van der Waals surface area contributed by atoms with E-state index in [1.807, 2.05) is 0 Å². The maximum atomic E-state index is 14.1. The normalized spacial score (nSPS) is 36.3. The Labute approximate surface area is 762 Å². The number of nitrogens with one attached hydrogen (secondary N) is 1. The molecule has 48 nitrogen and oxygen atoms in total. The van der Waals surface area contributed by atoms with Crippen molar-refractivity contribution < 1.29 is 209 Å². The van der Waals surface area contributed by atoms with Gasteiger partial charge >= 0.3 is 53.7 Å². The highest BCUT2D eigenvalue weighted by molar-refractivity contribution is 6.76. The Morgan fingerprint density at radius 1 is 0.315 bits per heavy atom. The van der Waals surface area contributed by atoms with E-state index >= 15 is 0 Å². The summed E-state index contributed by atoms with van der Waals surface area (Å²) in [5.74, 6) is -9.39. The molecule has 736 valence electrons. The third kappa shape index (κ3) is 28.2. The molecule has 0 saturated carbocycles. The second-order valence-corrected chi connectivity index (χ2v) is 32.2. The number of halogens is 3. The smallest absolute Gasteiger partial charge is 0.338 e. The van der Waals surface area contributed by atoms with E-state index < -0.39 is 305 Å². The topological polar surface area (TPSA) is 549 Å². The lowest BCUT2D eigenvalue weighted by Crippen LogP contribution is -2.69. The monoisotopic (exact) mass is 1930 g/mol. The van der Waals surface area contributed by atoms with Crippen LogP contribution in [0.3, 0.4) is 0 Å². The molecule has 8 rings (SSSR count). The Kier molecular flexibility index (Phi) is 43.1. The van der Waals surface area contributed by atoms with Crippen LogP contribution in [-0.2, 0) is 204 Å². The predicted octanol–water partition coefficient (Wildman–Crippen LogP) is 1.69. The Morgan fingerprint density at radius 2 is 0.562 bits per heavy atom. The van der Waals surface area contributed by atoms with Crippen LogP contribution in [0.25, 0.3) is 10.4 Å². The lowest BCUT2D eigenvalue weighted by atomic mass is 9.94. The van der Waals surface area contributed by atoms with Gasteiger partial charge in [-0.3, -0.25) is 43.8 Å². The van der Waals surface area contributed by atoms with Crippen LogP contribution < -0.4 is 0 Å². The van der Waals surface area contributed by atoms with E-state index in [2.05, 4.69) is 10.0 Å². The molecule has 1 aromatic rings. The largest absolute Gasteiger partial charge is 0.463 e. The molecule has 7 aliphatic heterocycles. The van der Waals surface area contributed by atoms with Gasteiger partial charge in [0.25, 0.3) is 3.79 Å². The van der Waals surface area contributed by atoms with Crippen LogP contribution in [0.4, 0.5) is 0 Å². The van der Waals surface area contributed by atoms with Crippen molar-refractivity contribution in [3.05, 3.63) is 46.3 Å². The van der Waals surface area contributed by atoms with Gasteiger partial charge in [-0.05, 0) is 17.7 Å². The minimum absolute atomic E-state index is 0.0896. The molecule has 1 aromatic carbocycles. The van der Waals surface area contributed by atoms with Crippen molar-refractivity contribution in [1.82, 2.24) is 0 Å². The van der Waals surface area contributed by atoms with Crippen LogP contribution in [-0.4, -0.2) is 410 Å². The van der Waals surface area contributed by atoms with Crippen molar-refractivity contribution in [3.8, 4) is 0 Å². The molecule has 7 aliphatic rings. The van der Waals surface area contributed by atoms with E-state index in [0.717, 1.165) is 55.4 Å². The molecule has 7 saturated heterocycles. The summed E-state index contributed by atoms with van der Waals surface area (Å²) >= 11 is 17.9. The number of hydrogen-bond donors (Lipinski definition) is 1. The highest BCUT2D eigenvalue weighted by Crippen LogP contribution is 2.44. The summed E-state index contributed by atoms with van der Waals surface area (Å²) in [6.07, 6.45) is -51.3. The summed E-state index contributed by atoms with van der Waals surface area (Å²) < 4.78 is 215. The second kappa shape index (κ2) is 51.7. The Hall–Kier alpha value is -6.90. The summed E-state index contributed by atoms with van der Waals surface area (Å²) in [7, 11) is 16.1. The molecule has 0 amide bonds. The third-order valence-electron chi connectivity index (χ3n) is 21.3. The summed E-state index contributed by atoms with van der Waals surface area (Å²) in [5.41, 5.74) is 9.89. The van der Waals surface area contributed by atoms with E-state index in [9.17, 15) is 48.7 Å². The van der Waals surface area contributed by atoms with Crippen LogP contribution in [0.1, 0.15) is 65.7 Å². The highest BCUT2D eigenvalue weighted by Gasteiger charge is 2.63. The average Bonchev–Trinajstić information content (AvgIpc) is 0.759. The molecule has 19 unspecified atom stereocenters. The van der Waals surface area contributed by atoms with Gasteiger partial charge in [-0.25, -0.2) is 4.79 Å². The first-order chi connectivity index (χ1) is 61.9. The minimum atomic E-state index is -2.40. The van der Waals surface area contributed by atoms with Gasteiger partial charge in [0.2, 0.25) is 12.2 Å². The van der Waals surface area contributed by atoms with E-state index in [1.54, 1.807) is 18.2 Å². The van der Waals surface area contributed by atoms with Gasteiger partial charge in [-0.15, -0.1) is 0 Å². The lowest BCUT2D eigenvalue weighted by molar-refractivity contribution is -0.402. The number of alkyl halides is 3. The number of azide groups is 1. The molecule has 0 spiro atoms. The van der Waals surface area contributed by atoms with Gasteiger partial charge in [0, 0.05) is 146 Å². The standard InChI is InChI=1S/C79H115Cl3N4O44/c1-33(87)108-29-45-50(57(99-12)49(85-86-84)71(117-45)130-78(83)79(80,81)82)124-72-64(104-17)58(100-13)51(42(118-72)26-96-9)125-73-65(105-18)59(101-14)52(43(119-73)27-97-10)126-74-66(106-19)60(102-15)53(44(120-74)28-98-11)127-75-67(107-20)61(103-16)54(48(121-75)32-111-70(95)41-24-22-21-23-25-41)128-76-69(116-40(8)94)63(114-38(6)92)56(47(123-76)31-110-35(3)89)129-77-68(115-39(7)93)62(113-37(5)91)55(112-36(4)90)46(122-77)30-109-34(2)88/h21-25,42-69,71-77,83H,26-32H2,1-20H3/t42?,43?,44?,45?,46?,47?,48?,49-,50+,51+,52+,53+,54+,55-,56+,57?,58?,59?,60?,61?,62?,63?,64?,65?,66-,67-,68?,69?,71?,72-,73+,74-,75-,76-,77+/m0/s1. The summed E-state index contributed by atoms with van der Waals surface area (Å²) in [4.78, 5) is 121. The number of carbonyl (C=O) groups is 9. The summed E-state index contributed by atoms with van der Waals surface area (Å²) in [6.45, 7) is 4.65. The first-order valence-corrected chi connectivity index (χ1v) is 41.7. The zero-order chi connectivity index (χ0) is 95.7. The predicted molar refractivity (Wildman–Crippen MR) is 429 cm³/mol. The van der Waals surface area contributed by atoms with Gasteiger partial charge in [-0.1, -0.05) is 58.1 Å². The Bertz CT molecular complexity index is 3860. The Morgan fingerprint density at radius 3 is 0.838 bits per heavy atom.